The van der Waals surface area contributed by atoms with Crippen LogP contribution in [-0.2, 0) is 12.7 Å². The molecule has 1 N–H and O–H groups in total. The number of halogens is 4. The van der Waals surface area contributed by atoms with Crippen LogP contribution >= 0.6 is 22.9 Å². The maximum atomic E-state index is 13.2. The van der Waals surface area contributed by atoms with E-state index in [1.807, 2.05) is 13.8 Å². The van der Waals surface area contributed by atoms with Crippen molar-refractivity contribution in [1.29, 1.82) is 0 Å². The van der Waals surface area contributed by atoms with E-state index in [0.717, 1.165) is 4.88 Å². The number of nitrogens with one attached hydrogen (secondary N) is 1. The van der Waals surface area contributed by atoms with Crippen molar-refractivity contribution < 1.29 is 13.2 Å². The van der Waals surface area contributed by atoms with E-state index in [1.165, 1.54) is 23.5 Å². The molecule has 0 saturated heterocycles. The second kappa shape index (κ2) is 6.23. The summed E-state index contributed by atoms with van der Waals surface area (Å²) in [6.07, 6.45) is -2.84. The average Bonchev–Trinajstić information content (AvgIpc) is 2.81. The Labute approximate surface area is 130 Å². The van der Waals surface area contributed by atoms with Gasteiger partial charge in [0.05, 0.1) is 12.1 Å². The van der Waals surface area contributed by atoms with Gasteiger partial charge in [0.2, 0.25) is 0 Å². The van der Waals surface area contributed by atoms with E-state index in [9.17, 15) is 13.2 Å². The predicted molar refractivity (Wildman–Crippen MR) is 80.0 cm³/mol. The largest absolute Gasteiger partial charge is 0.418 e. The molecule has 2 nitrogen and oxygen atoms in total. The highest BCUT2D eigenvalue weighted by molar-refractivity contribution is 7.15. The quantitative estimate of drug-likeness (QED) is 0.792. The fourth-order valence-corrected chi connectivity index (χ4v) is 2.77. The molecule has 0 amide bonds. The molecule has 1 aromatic carbocycles. The smallest absolute Gasteiger partial charge is 0.380 e. The summed E-state index contributed by atoms with van der Waals surface area (Å²) >= 11 is 6.94. The second-order valence-corrected chi connectivity index (χ2v) is 6.59. The summed E-state index contributed by atoms with van der Waals surface area (Å²) < 4.78 is 39.8. The summed E-state index contributed by atoms with van der Waals surface area (Å²) in [6, 6.07) is 4.38. The van der Waals surface area contributed by atoms with Crippen molar-refractivity contribution in [3.8, 4) is 0 Å². The zero-order chi connectivity index (χ0) is 15.6. The van der Waals surface area contributed by atoms with Crippen molar-refractivity contribution in [3.63, 3.8) is 0 Å². The van der Waals surface area contributed by atoms with Crippen LogP contribution < -0.4 is 5.32 Å². The van der Waals surface area contributed by atoms with Crippen molar-refractivity contribution in [1.82, 2.24) is 4.98 Å². The van der Waals surface area contributed by atoms with Crippen molar-refractivity contribution in [3.05, 3.63) is 44.9 Å². The van der Waals surface area contributed by atoms with E-state index in [-0.39, 0.29) is 18.2 Å². The second-order valence-electron chi connectivity index (χ2n) is 4.89. The number of nitrogens with zero attached hydrogens (tertiary/aromatic N) is 1. The Morgan fingerprint density at radius 3 is 2.57 bits per heavy atom. The van der Waals surface area contributed by atoms with Crippen molar-refractivity contribution in [2.24, 2.45) is 0 Å². The Bertz CT molecular complexity index is 623. The first-order valence-electron chi connectivity index (χ1n) is 6.32. The molecular weight excluding hydrogens is 321 g/mol. The molecule has 0 atom stereocenters. The van der Waals surface area contributed by atoms with E-state index >= 15 is 0 Å². The lowest BCUT2D eigenvalue weighted by Gasteiger charge is -2.17. The molecule has 1 heterocycles. The highest BCUT2D eigenvalue weighted by atomic mass is 35.5. The number of benzene rings is 1. The highest BCUT2D eigenvalue weighted by Crippen LogP contribution is 2.37. The molecular formula is C14H14ClF3N2S. The minimum Gasteiger partial charge on any atom is -0.380 e. The molecule has 0 aliphatic rings. The van der Waals surface area contributed by atoms with E-state index in [0.29, 0.717) is 10.0 Å². The van der Waals surface area contributed by atoms with Gasteiger partial charge in [-0.05, 0) is 23.6 Å². The van der Waals surface area contributed by atoms with Crippen molar-refractivity contribution in [2.75, 3.05) is 5.32 Å². The van der Waals surface area contributed by atoms with Gasteiger partial charge in [-0.1, -0.05) is 31.5 Å². The summed E-state index contributed by atoms with van der Waals surface area (Å²) in [5, 5.41) is 2.81. The lowest BCUT2D eigenvalue weighted by atomic mass is 9.99. The first kappa shape index (κ1) is 16.1. The minimum absolute atomic E-state index is 0.0421. The lowest BCUT2D eigenvalue weighted by Crippen LogP contribution is -2.11. The van der Waals surface area contributed by atoms with Gasteiger partial charge in [-0.25, -0.2) is 4.98 Å². The molecule has 0 fully saturated rings. The highest BCUT2D eigenvalue weighted by Gasteiger charge is 2.34. The molecule has 0 unspecified atom stereocenters. The monoisotopic (exact) mass is 334 g/mol. The van der Waals surface area contributed by atoms with Crippen LogP contribution in [0.15, 0.2) is 24.4 Å². The Hall–Kier alpha value is -1.27. The molecule has 0 bridgehead atoms. The average molecular weight is 335 g/mol. The van der Waals surface area contributed by atoms with E-state index in [2.05, 4.69) is 10.3 Å². The van der Waals surface area contributed by atoms with Gasteiger partial charge in [0, 0.05) is 16.8 Å². The van der Waals surface area contributed by atoms with Gasteiger partial charge in [-0.2, -0.15) is 13.2 Å². The Morgan fingerprint density at radius 1 is 1.33 bits per heavy atom. The number of hydrogen-bond donors (Lipinski definition) is 1. The molecule has 1 aromatic heterocycles. The third-order valence-corrected chi connectivity index (χ3v) is 4.11. The van der Waals surface area contributed by atoms with Gasteiger partial charge in [-0.3, -0.25) is 0 Å². The normalized spacial score (nSPS) is 12.0. The summed E-state index contributed by atoms with van der Waals surface area (Å²) in [5.41, 5.74) is 0.0782. The molecule has 0 radical (unpaired) electrons. The zero-order valence-corrected chi connectivity index (χ0v) is 13.0. The third kappa shape index (κ3) is 4.11. The van der Waals surface area contributed by atoms with Crippen LogP contribution in [0.3, 0.4) is 0 Å². The number of alkyl halides is 3. The van der Waals surface area contributed by atoms with E-state index in [1.54, 1.807) is 12.3 Å². The Morgan fingerprint density at radius 2 is 2.05 bits per heavy atom. The number of thiazole rings is 1. The number of rotatable bonds is 4. The molecule has 2 rings (SSSR count). The molecule has 0 saturated carbocycles. The first-order chi connectivity index (χ1) is 9.77. The van der Waals surface area contributed by atoms with Crippen LogP contribution in [0.4, 0.5) is 18.9 Å². The molecule has 0 aliphatic heterocycles. The summed E-state index contributed by atoms with van der Waals surface area (Å²) in [4.78, 5) is 4.64. The Balaban J connectivity index is 2.25. The molecule has 0 spiro atoms. The maximum absolute atomic E-state index is 13.2. The Kier molecular flexibility index (Phi) is 4.78. The zero-order valence-electron chi connectivity index (χ0n) is 11.5. The maximum Gasteiger partial charge on any atom is 0.418 e. The van der Waals surface area contributed by atoms with Crippen LogP contribution in [0.2, 0.25) is 4.47 Å². The standard InChI is InChI=1S/C14H14ClF3N2S/c1-8(2)9-3-4-12(11(5-9)14(16,17)18)19-6-10-7-20-13(15)21-10/h3-5,7-8,19H,6H2,1-2H3. The number of aromatic nitrogens is 1. The topological polar surface area (TPSA) is 24.9 Å². The summed E-state index contributed by atoms with van der Waals surface area (Å²) in [7, 11) is 0. The van der Waals surface area contributed by atoms with Crippen LogP contribution in [0.5, 0.6) is 0 Å². The third-order valence-electron chi connectivity index (χ3n) is 2.99. The molecule has 21 heavy (non-hydrogen) atoms. The van der Waals surface area contributed by atoms with Gasteiger partial charge in [-0.15, -0.1) is 11.3 Å². The number of anilines is 1. The van der Waals surface area contributed by atoms with Crippen molar-refractivity contribution >= 4 is 28.6 Å². The van der Waals surface area contributed by atoms with E-state index in [4.69, 9.17) is 11.6 Å². The molecule has 114 valence electrons. The minimum atomic E-state index is -4.39. The van der Waals surface area contributed by atoms with Crippen LogP contribution in [0.25, 0.3) is 0 Å². The van der Waals surface area contributed by atoms with E-state index < -0.39 is 11.7 Å². The molecule has 7 heteroatoms. The summed E-state index contributed by atoms with van der Waals surface area (Å²) in [6.45, 7) is 3.98. The van der Waals surface area contributed by atoms with Gasteiger partial charge in [0.25, 0.3) is 0 Å². The van der Waals surface area contributed by atoms with Crippen LogP contribution in [-0.4, -0.2) is 4.98 Å². The number of hydrogen-bond acceptors (Lipinski definition) is 3. The van der Waals surface area contributed by atoms with Gasteiger partial charge in [0.15, 0.2) is 4.47 Å². The van der Waals surface area contributed by atoms with Gasteiger partial charge < -0.3 is 5.32 Å². The fraction of sp³-hybridized carbons (Fsp3) is 0.357. The molecule has 0 aliphatic carbocycles. The van der Waals surface area contributed by atoms with Gasteiger partial charge >= 0.3 is 6.18 Å². The first-order valence-corrected chi connectivity index (χ1v) is 7.52. The lowest BCUT2D eigenvalue weighted by molar-refractivity contribution is -0.137. The van der Waals surface area contributed by atoms with Crippen molar-refractivity contribution in [2.45, 2.75) is 32.5 Å². The van der Waals surface area contributed by atoms with Gasteiger partial charge in [0.1, 0.15) is 0 Å². The SMILES string of the molecule is CC(C)c1ccc(NCc2cnc(Cl)s2)c(C(F)(F)F)c1. The van der Waals surface area contributed by atoms with Crippen LogP contribution in [0, 0.1) is 0 Å². The summed E-state index contributed by atoms with van der Waals surface area (Å²) in [5.74, 6) is 0.0421. The predicted octanol–water partition coefficient (Wildman–Crippen LogP) is 5.55. The molecule has 2 aromatic rings. The fourth-order valence-electron chi connectivity index (χ4n) is 1.86. The van der Waals surface area contributed by atoms with Crippen LogP contribution in [0.1, 0.15) is 35.8 Å².